The molecule has 2 unspecified atom stereocenters. The Morgan fingerprint density at radius 3 is 2.75 bits per heavy atom. The lowest BCUT2D eigenvalue weighted by Gasteiger charge is -2.23. The maximum atomic E-state index is 12.7. The number of fused-ring (bicyclic) bond motifs is 1. The van der Waals surface area contributed by atoms with Crippen molar-refractivity contribution in [1.29, 1.82) is 5.41 Å². The third-order valence-electron chi connectivity index (χ3n) is 5.43. The van der Waals surface area contributed by atoms with Gasteiger partial charge < -0.3 is 10.1 Å². The van der Waals surface area contributed by atoms with Crippen molar-refractivity contribution in [2.45, 2.75) is 32.0 Å². The first-order chi connectivity index (χ1) is 15.4. The Labute approximate surface area is 190 Å². The van der Waals surface area contributed by atoms with Crippen LogP contribution in [0.25, 0.3) is 16.7 Å². The summed E-state index contributed by atoms with van der Waals surface area (Å²) in [7, 11) is 1.61. The third-order valence-corrected chi connectivity index (χ3v) is 6.37. The predicted molar refractivity (Wildman–Crippen MR) is 125 cm³/mol. The second kappa shape index (κ2) is 9.04. The largest absolute Gasteiger partial charge is 0.497 e. The number of aromatic amines is 1. The molecule has 2 atom stereocenters. The van der Waals surface area contributed by atoms with E-state index >= 15 is 0 Å². The van der Waals surface area contributed by atoms with Crippen molar-refractivity contribution in [3.63, 3.8) is 0 Å². The van der Waals surface area contributed by atoms with Gasteiger partial charge in [-0.25, -0.2) is 4.98 Å². The number of aryl methyl sites for hydroxylation is 1. The number of nitrogens with one attached hydrogen (secondary N) is 3. The Morgan fingerprint density at radius 2 is 2.06 bits per heavy atom. The van der Waals surface area contributed by atoms with Crippen LogP contribution in [-0.4, -0.2) is 44.6 Å². The first-order valence-electron chi connectivity index (χ1n) is 10.3. The topological polar surface area (TPSA) is 109 Å². The molecule has 166 valence electrons. The van der Waals surface area contributed by atoms with Crippen LogP contribution in [0.2, 0.25) is 0 Å². The molecule has 4 rings (SSSR count). The van der Waals surface area contributed by atoms with Gasteiger partial charge in [-0.05, 0) is 44.0 Å². The number of carbonyl (C=O) groups excluding carboxylic acids is 1. The molecule has 32 heavy (non-hydrogen) atoms. The summed E-state index contributed by atoms with van der Waals surface area (Å²) in [5, 5.41) is 20.2. The quantitative estimate of drug-likeness (QED) is 0.395. The molecule has 0 fully saturated rings. The summed E-state index contributed by atoms with van der Waals surface area (Å²) < 4.78 is 6.99. The average molecular weight is 451 g/mol. The maximum absolute atomic E-state index is 12.7. The van der Waals surface area contributed by atoms with Crippen LogP contribution in [0, 0.1) is 18.3 Å². The summed E-state index contributed by atoms with van der Waals surface area (Å²) in [6.45, 7) is 6.00. The molecule has 0 spiro atoms. The van der Waals surface area contributed by atoms with E-state index in [9.17, 15) is 4.79 Å². The molecule has 1 aliphatic carbocycles. The maximum Gasteiger partial charge on any atom is 0.230 e. The fourth-order valence-corrected chi connectivity index (χ4v) is 4.56. The highest BCUT2D eigenvalue weighted by Crippen LogP contribution is 2.23. The smallest absolute Gasteiger partial charge is 0.230 e. The number of ether oxygens (including phenoxy) is 1. The number of rotatable bonds is 6. The number of H-pyrrole nitrogens is 1. The molecule has 9 heteroatoms. The average Bonchev–Trinajstić information content (AvgIpc) is 3.15. The number of benzene rings is 1. The normalized spacial score (nSPS) is 17.9. The van der Waals surface area contributed by atoms with Gasteiger partial charge in [0.1, 0.15) is 11.2 Å². The number of nitrogens with zero attached hydrogens (tertiary/aromatic N) is 3. The van der Waals surface area contributed by atoms with E-state index in [4.69, 9.17) is 10.1 Å². The number of hydrogen-bond acceptors (Lipinski definition) is 6. The minimum Gasteiger partial charge on any atom is -0.497 e. The number of hydrogen-bond donors (Lipinski definition) is 3. The van der Waals surface area contributed by atoms with Gasteiger partial charge in [-0.1, -0.05) is 42.5 Å². The molecule has 1 aromatic carbocycles. The van der Waals surface area contributed by atoms with E-state index in [-0.39, 0.29) is 29.1 Å². The number of aromatic nitrogens is 4. The molecule has 0 saturated carbocycles. The van der Waals surface area contributed by atoms with Crippen LogP contribution in [0.4, 0.5) is 0 Å². The Bertz CT molecular complexity index is 1270. The van der Waals surface area contributed by atoms with Gasteiger partial charge in [0.2, 0.25) is 5.91 Å². The lowest BCUT2D eigenvalue weighted by atomic mass is 9.94. The van der Waals surface area contributed by atoms with Gasteiger partial charge in [-0.15, -0.1) is 0 Å². The van der Waals surface area contributed by atoms with Crippen LogP contribution in [0.5, 0.6) is 5.75 Å². The van der Waals surface area contributed by atoms with Crippen molar-refractivity contribution in [2.75, 3.05) is 12.9 Å². The summed E-state index contributed by atoms with van der Waals surface area (Å²) in [6, 6.07) is 7.38. The van der Waals surface area contributed by atoms with Crippen molar-refractivity contribution in [3.05, 3.63) is 59.2 Å². The van der Waals surface area contributed by atoms with E-state index in [0.29, 0.717) is 16.2 Å². The Kier molecular flexibility index (Phi) is 6.18. The molecule has 1 aliphatic rings. The number of carbonyl (C=O) groups is 1. The second-order valence-corrected chi connectivity index (χ2v) is 8.78. The van der Waals surface area contributed by atoms with E-state index in [2.05, 4.69) is 40.4 Å². The number of thioether (sulfide) groups is 1. The molecular weight excluding hydrogens is 424 g/mol. The highest BCUT2D eigenvalue weighted by Gasteiger charge is 2.20. The number of amides is 1. The molecule has 0 bridgehead atoms. The zero-order valence-corrected chi connectivity index (χ0v) is 19.3. The minimum atomic E-state index is -0.0858. The van der Waals surface area contributed by atoms with Crippen LogP contribution in [0.15, 0.2) is 53.2 Å². The van der Waals surface area contributed by atoms with Gasteiger partial charge in [0, 0.05) is 11.4 Å². The van der Waals surface area contributed by atoms with Crippen molar-refractivity contribution in [1.82, 2.24) is 25.1 Å². The zero-order valence-electron chi connectivity index (χ0n) is 18.5. The summed E-state index contributed by atoms with van der Waals surface area (Å²) in [5.74, 6) is 1.05. The molecule has 1 amide bonds. The minimum absolute atomic E-state index is 0.0309. The van der Waals surface area contributed by atoms with Crippen molar-refractivity contribution < 1.29 is 9.53 Å². The summed E-state index contributed by atoms with van der Waals surface area (Å²) >= 11 is 1.28. The fourth-order valence-electron chi connectivity index (χ4n) is 3.74. The monoisotopic (exact) mass is 450 g/mol. The van der Waals surface area contributed by atoms with Gasteiger partial charge >= 0.3 is 0 Å². The summed E-state index contributed by atoms with van der Waals surface area (Å²) in [4.78, 5) is 17.3. The molecule has 2 heterocycles. The third kappa shape index (κ3) is 4.34. The van der Waals surface area contributed by atoms with E-state index < -0.39 is 0 Å². The van der Waals surface area contributed by atoms with Gasteiger partial charge in [0.15, 0.2) is 10.8 Å². The van der Waals surface area contributed by atoms with Gasteiger partial charge in [0.05, 0.1) is 24.3 Å². The summed E-state index contributed by atoms with van der Waals surface area (Å²) in [6.07, 6.45) is 6.20. The molecule has 2 aromatic heterocycles. The van der Waals surface area contributed by atoms with E-state index in [1.807, 2.05) is 43.3 Å². The lowest BCUT2D eigenvalue weighted by molar-refractivity contribution is -0.119. The Hall–Kier alpha value is -3.33. The molecule has 0 aliphatic heterocycles. The van der Waals surface area contributed by atoms with E-state index in [0.717, 1.165) is 17.1 Å². The summed E-state index contributed by atoms with van der Waals surface area (Å²) in [5.41, 5.74) is 3.46. The fraction of sp³-hybridized carbons (Fsp3) is 0.304. The van der Waals surface area contributed by atoms with Crippen LogP contribution in [0.1, 0.15) is 19.5 Å². The van der Waals surface area contributed by atoms with Crippen LogP contribution in [-0.2, 0) is 4.79 Å². The molecular formula is C23H26N6O2S. The molecule has 0 saturated heterocycles. The number of methoxy groups -OCH3 is 1. The highest BCUT2D eigenvalue weighted by atomic mass is 32.2. The first kappa shape index (κ1) is 21.9. The first-order valence-corrected chi connectivity index (χ1v) is 11.3. The zero-order chi connectivity index (χ0) is 22.8. The second-order valence-electron chi connectivity index (χ2n) is 7.83. The van der Waals surface area contributed by atoms with Crippen LogP contribution >= 0.6 is 11.8 Å². The predicted octanol–water partition coefficient (Wildman–Crippen LogP) is 3.27. The standard InChI is InChI=1S/C23H26N6O2S/c1-13-5-10-18(14(2)11-13)25-19(30)12-32-23-26-22-20(15(3)27-28-22)21(24)29(23)16-6-8-17(31-4)9-7-16/h5-11,14,18,24H,12H2,1-4H3,(H,25,30)(H,27,28). The van der Waals surface area contributed by atoms with Gasteiger partial charge in [-0.2, -0.15) is 5.10 Å². The molecule has 0 radical (unpaired) electrons. The van der Waals surface area contributed by atoms with Gasteiger partial charge in [0.25, 0.3) is 0 Å². The molecule has 8 nitrogen and oxygen atoms in total. The molecule has 3 N–H and O–H groups in total. The molecule has 3 aromatic rings. The van der Waals surface area contributed by atoms with Crippen LogP contribution < -0.4 is 15.5 Å². The lowest BCUT2D eigenvalue weighted by Crippen LogP contribution is -2.39. The van der Waals surface area contributed by atoms with E-state index in [1.54, 1.807) is 11.7 Å². The highest BCUT2D eigenvalue weighted by molar-refractivity contribution is 7.99. The van der Waals surface area contributed by atoms with Crippen molar-refractivity contribution in [3.8, 4) is 11.4 Å². The van der Waals surface area contributed by atoms with E-state index in [1.165, 1.54) is 17.3 Å². The van der Waals surface area contributed by atoms with Crippen molar-refractivity contribution >= 4 is 28.7 Å². The van der Waals surface area contributed by atoms with Gasteiger partial charge in [-0.3, -0.25) is 19.9 Å². The van der Waals surface area contributed by atoms with Crippen molar-refractivity contribution in [2.24, 2.45) is 5.92 Å². The Morgan fingerprint density at radius 1 is 1.31 bits per heavy atom. The SMILES string of the molecule is COc1ccc(-n2c(SCC(=O)NC3C=CC(C)=CC3C)nc3n[nH]c(C)c3c2=N)cc1. The Balaban J connectivity index is 1.62. The number of allylic oxidation sites excluding steroid dienone is 2. The van der Waals surface area contributed by atoms with Crippen LogP contribution in [0.3, 0.4) is 0 Å².